The van der Waals surface area contributed by atoms with E-state index in [-0.39, 0.29) is 11.9 Å². The Hall–Kier alpha value is -1.06. The highest BCUT2D eigenvalue weighted by Gasteiger charge is 2.09. The molecule has 0 aliphatic carbocycles. The van der Waals surface area contributed by atoms with Crippen molar-refractivity contribution in [3.05, 3.63) is 0 Å². The lowest BCUT2D eigenvalue weighted by Gasteiger charge is -2.12. The van der Waals surface area contributed by atoms with E-state index in [1.54, 1.807) is 0 Å². The Morgan fingerprint density at radius 3 is 1.38 bits per heavy atom. The predicted octanol–water partition coefficient (Wildman–Crippen LogP) is 5.14. The van der Waals surface area contributed by atoms with E-state index in [1.807, 2.05) is 0 Å². The van der Waals surface area contributed by atoms with Gasteiger partial charge in [0.15, 0.2) is 0 Å². The van der Waals surface area contributed by atoms with Gasteiger partial charge in [0, 0.05) is 12.8 Å². The van der Waals surface area contributed by atoms with Gasteiger partial charge in [-0.1, -0.05) is 47.5 Å². The average Bonchev–Trinajstić information content (AvgIpc) is 2.46. The first-order valence-corrected chi connectivity index (χ1v) is 9.62. The molecule has 142 valence electrons. The molecule has 0 aromatic rings. The zero-order chi connectivity index (χ0) is 18.4. The molecular weight excluding hydrogens is 304 g/mol. The highest BCUT2D eigenvalue weighted by atomic mass is 16.5. The van der Waals surface area contributed by atoms with Gasteiger partial charge in [-0.15, -0.1) is 0 Å². The Bertz CT molecular complexity index is 305. The van der Waals surface area contributed by atoms with Crippen LogP contribution in [0, 0.1) is 17.8 Å². The summed E-state index contributed by atoms with van der Waals surface area (Å²) in [5.74, 6) is 1.45. The third-order valence-electron chi connectivity index (χ3n) is 4.07. The quantitative estimate of drug-likeness (QED) is 0.410. The normalized spacial score (nSPS) is 11.3. The van der Waals surface area contributed by atoms with Gasteiger partial charge in [-0.05, 0) is 43.4 Å². The van der Waals surface area contributed by atoms with Gasteiger partial charge in [0.05, 0.1) is 13.2 Å². The lowest BCUT2D eigenvalue weighted by Crippen LogP contribution is -2.12. The van der Waals surface area contributed by atoms with Crippen LogP contribution in [0.2, 0.25) is 0 Å². The van der Waals surface area contributed by atoms with Crippen molar-refractivity contribution in [1.29, 1.82) is 0 Å². The Morgan fingerprint density at radius 2 is 1.04 bits per heavy atom. The molecule has 0 aliphatic heterocycles. The molecule has 0 saturated heterocycles. The van der Waals surface area contributed by atoms with E-state index >= 15 is 0 Å². The van der Waals surface area contributed by atoms with Crippen molar-refractivity contribution in [1.82, 2.24) is 0 Å². The molecule has 0 heterocycles. The maximum atomic E-state index is 11.6. The van der Waals surface area contributed by atoms with Crippen molar-refractivity contribution in [3.63, 3.8) is 0 Å². The first-order chi connectivity index (χ1) is 11.3. The molecule has 0 radical (unpaired) electrons. The van der Waals surface area contributed by atoms with E-state index in [0.717, 1.165) is 38.5 Å². The second kappa shape index (κ2) is 14.3. The van der Waals surface area contributed by atoms with Gasteiger partial charge in [-0.25, -0.2) is 0 Å². The van der Waals surface area contributed by atoms with Crippen molar-refractivity contribution in [2.45, 2.75) is 86.0 Å². The van der Waals surface area contributed by atoms with Gasteiger partial charge in [0.25, 0.3) is 0 Å². The van der Waals surface area contributed by atoms with Crippen molar-refractivity contribution in [2.75, 3.05) is 13.2 Å². The molecule has 0 spiro atoms. The molecule has 0 aliphatic rings. The van der Waals surface area contributed by atoms with Crippen LogP contribution in [0.1, 0.15) is 86.0 Å². The van der Waals surface area contributed by atoms with E-state index in [0.29, 0.717) is 43.8 Å². The number of carbonyl (C=O) groups excluding carboxylic acids is 2. The summed E-state index contributed by atoms with van der Waals surface area (Å²) >= 11 is 0. The van der Waals surface area contributed by atoms with Gasteiger partial charge < -0.3 is 9.47 Å². The van der Waals surface area contributed by atoms with Crippen LogP contribution >= 0.6 is 0 Å². The minimum absolute atomic E-state index is 0.0977. The third kappa shape index (κ3) is 15.8. The number of ether oxygens (including phenoxy) is 2. The number of rotatable bonds is 14. The van der Waals surface area contributed by atoms with Crippen LogP contribution in [-0.4, -0.2) is 25.2 Å². The Labute approximate surface area is 148 Å². The molecular formula is C20H38O4. The van der Waals surface area contributed by atoms with E-state index in [4.69, 9.17) is 9.47 Å². The Morgan fingerprint density at radius 1 is 0.667 bits per heavy atom. The zero-order valence-corrected chi connectivity index (χ0v) is 16.4. The van der Waals surface area contributed by atoms with Crippen LogP contribution in [0.15, 0.2) is 0 Å². The highest BCUT2D eigenvalue weighted by molar-refractivity contribution is 5.69. The molecule has 0 aromatic carbocycles. The van der Waals surface area contributed by atoms with Crippen LogP contribution < -0.4 is 0 Å². The summed E-state index contributed by atoms with van der Waals surface area (Å²) in [5, 5.41) is 0. The van der Waals surface area contributed by atoms with E-state index in [1.165, 1.54) is 0 Å². The molecule has 0 atom stereocenters. The summed E-state index contributed by atoms with van der Waals surface area (Å²) in [6.07, 6.45) is 6.60. The van der Waals surface area contributed by atoms with Crippen LogP contribution in [0.25, 0.3) is 0 Å². The summed E-state index contributed by atoms with van der Waals surface area (Å²) < 4.78 is 10.5. The lowest BCUT2D eigenvalue weighted by atomic mass is 10.1. The largest absolute Gasteiger partial charge is 0.466 e. The molecule has 4 heteroatoms. The second-order valence-electron chi connectivity index (χ2n) is 7.70. The maximum Gasteiger partial charge on any atom is 0.305 e. The van der Waals surface area contributed by atoms with Crippen molar-refractivity contribution in [2.24, 2.45) is 17.8 Å². The highest BCUT2D eigenvalue weighted by Crippen LogP contribution is 2.11. The fourth-order valence-electron chi connectivity index (χ4n) is 2.35. The molecule has 0 rings (SSSR count). The van der Waals surface area contributed by atoms with E-state index in [2.05, 4.69) is 34.6 Å². The third-order valence-corrected chi connectivity index (χ3v) is 4.07. The Kier molecular flexibility index (Phi) is 13.7. The smallest absolute Gasteiger partial charge is 0.305 e. The molecule has 0 fully saturated rings. The SMILES string of the molecule is CC(C)CCCC(=O)OCCC(C)CCOC(=O)CCCC(C)C. The molecule has 4 nitrogen and oxygen atoms in total. The molecule has 24 heavy (non-hydrogen) atoms. The molecule has 0 unspecified atom stereocenters. The topological polar surface area (TPSA) is 52.6 Å². The first-order valence-electron chi connectivity index (χ1n) is 9.62. The van der Waals surface area contributed by atoms with Gasteiger partial charge in [-0.2, -0.15) is 0 Å². The fourth-order valence-corrected chi connectivity index (χ4v) is 2.35. The summed E-state index contributed by atoms with van der Waals surface area (Å²) in [4.78, 5) is 23.1. The monoisotopic (exact) mass is 342 g/mol. The van der Waals surface area contributed by atoms with E-state index in [9.17, 15) is 9.59 Å². The molecule has 0 amide bonds. The molecule has 0 bridgehead atoms. The summed E-state index contributed by atoms with van der Waals surface area (Å²) in [7, 11) is 0. The van der Waals surface area contributed by atoms with E-state index < -0.39 is 0 Å². The Balaban J connectivity index is 3.53. The number of hydrogen-bond donors (Lipinski definition) is 0. The fraction of sp³-hybridized carbons (Fsp3) is 0.900. The first kappa shape index (κ1) is 22.9. The summed E-state index contributed by atoms with van der Waals surface area (Å²) in [5.41, 5.74) is 0. The average molecular weight is 343 g/mol. The van der Waals surface area contributed by atoms with Crippen LogP contribution in [0.3, 0.4) is 0 Å². The van der Waals surface area contributed by atoms with Gasteiger partial charge in [0.2, 0.25) is 0 Å². The van der Waals surface area contributed by atoms with Crippen molar-refractivity contribution >= 4 is 11.9 Å². The van der Waals surface area contributed by atoms with Gasteiger partial charge >= 0.3 is 11.9 Å². The van der Waals surface area contributed by atoms with Crippen LogP contribution in [-0.2, 0) is 19.1 Å². The van der Waals surface area contributed by atoms with Crippen LogP contribution in [0.5, 0.6) is 0 Å². The molecule has 0 N–H and O–H groups in total. The number of hydrogen-bond acceptors (Lipinski definition) is 4. The van der Waals surface area contributed by atoms with Crippen LogP contribution in [0.4, 0.5) is 0 Å². The number of carbonyl (C=O) groups is 2. The molecule has 0 saturated carbocycles. The van der Waals surface area contributed by atoms with Crippen molar-refractivity contribution < 1.29 is 19.1 Å². The lowest BCUT2D eigenvalue weighted by molar-refractivity contribution is -0.144. The molecule has 0 aromatic heterocycles. The number of esters is 2. The predicted molar refractivity (Wildman–Crippen MR) is 97.7 cm³/mol. The van der Waals surface area contributed by atoms with Gasteiger partial charge in [-0.3, -0.25) is 9.59 Å². The summed E-state index contributed by atoms with van der Waals surface area (Å²) in [6.45, 7) is 11.6. The second-order valence-corrected chi connectivity index (χ2v) is 7.70. The zero-order valence-electron chi connectivity index (χ0n) is 16.4. The minimum atomic E-state index is -0.0977. The minimum Gasteiger partial charge on any atom is -0.466 e. The standard InChI is InChI=1S/C20H38O4/c1-16(2)8-6-10-19(21)23-14-12-18(5)13-15-24-20(22)11-7-9-17(3)4/h16-18H,6-15H2,1-5H3. The summed E-state index contributed by atoms with van der Waals surface area (Å²) in [6, 6.07) is 0. The van der Waals surface area contributed by atoms with Gasteiger partial charge in [0.1, 0.15) is 0 Å². The maximum absolute atomic E-state index is 11.6. The van der Waals surface area contributed by atoms with Crippen molar-refractivity contribution in [3.8, 4) is 0 Å².